The van der Waals surface area contributed by atoms with Crippen LogP contribution in [0.4, 0.5) is 0 Å². The van der Waals surface area contributed by atoms with Crippen LogP contribution in [0.2, 0.25) is 0 Å². The lowest BCUT2D eigenvalue weighted by Crippen LogP contribution is -2.38. The fourth-order valence-corrected chi connectivity index (χ4v) is 2.41. The summed E-state index contributed by atoms with van der Waals surface area (Å²) >= 11 is 0. The highest BCUT2D eigenvalue weighted by Crippen LogP contribution is 2.19. The standard InChI is InChI=1S/C19H22NO2/c1-15-8-4-5-9-18(15)19-10-6-7-11-20(19)12-13-22-17(3)14-16(2)21/h4-11,14H,12-13H2,1-3H3/q+1/b17-14-. The molecule has 0 amide bonds. The SMILES string of the molecule is CC(=O)/C=C(/C)OCC[n+]1ccccc1-c1ccccc1C. The number of aryl methyl sites for hydroxylation is 1. The molecule has 0 saturated carbocycles. The van der Waals surface area contributed by atoms with Crippen molar-refractivity contribution in [2.24, 2.45) is 0 Å². The lowest BCUT2D eigenvalue weighted by atomic mass is 10.1. The maximum atomic E-state index is 11.0. The predicted octanol–water partition coefficient (Wildman–Crippen LogP) is 3.46. The first-order chi connectivity index (χ1) is 10.6. The van der Waals surface area contributed by atoms with E-state index in [1.807, 2.05) is 18.2 Å². The highest BCUT2D eigenvalue weighted by Gasteiger charge is 2.13. The molecule has 0 radical (unpaired) electrons. The Labute approximate surface area is 131 Å². The molecule has 0 aliphatic rings. The average Bonchev–Trinajstić information content (AvgIpc) is 2.48. The van der Waals surface area contributed by atoms with E-state index < -0.39 is 0 Å². The molecule has 1 aromatic carbocycles. The third kappa shape index (κ3) is 4.29. The summed E-state index contributed by atoms with van der Waals surface area (Å²) < 4.78 is 7.77. The number of pyridine rings is 1. The van der Waals surface area contributed by atoms with Gasteiger partial charge in [-0.05, 0) is 38.5 Å². The van der Waals surface area contributed by atoms with Crippen molar-refractivity contribution in [3.63, 3.8) is 0 Å². The van der Waals surface area contributed by atoms with E-state index >= 15 is 0 Å². The summed E-state index contributed by atoms with van der Waals surface area (Å²) in [6, 6.07) is 14.5. The summed E-state index contributed by atoms with van der Waals surface area (Å²) in [6.45, 7) is 6.70. The Kier molecular flexibility index (Phi) is 5.48. The zero-order valence-electron chi connectivity index (χ0n) is 13.4. The Bertz CT molecular complexity index is 689. The molecular formula is C19H22NO2+. The van der Waals surface area contributed by atoms with Crippen LogP contribution >= 0.6 is 0 Å². The van der Waals surface area contributed by atoms with Gasteiger partial charge in [0.15, 0.2) is 18.5 Å². The van der Waals surface area contributed by atoms with Crippen LogP contribution in [0.25, 0.3) is 11.3 Å². The Morgan fingerprint density at radius 1 is 1.14 bits per heavy atom. The van der Waals surface area contributed by atoms with E-state index in [9.17, 15) is 4.79 Å². The molecule has 22 heavy (non-hydrogen) atoms. The number of allylic oxidation sites excluding steroid dienone is 2. The molecule has 0 spiro atoms. The Morgan fingerprint density at radius 2 is 1.86 bits per heavy atom. The Balaban J connectivity index is 2.13. The molecule has 2 rings (SSSR count). The number of benzene rings is 1. The van der Waals surface area contributed by atoms with Crippen molar-refractivity contribution >= 4 is 5.78 Å². The van der Waals surface area contributed by atoms with Crippen LogP contribution in [0, 0.1) is 6.92 Å². The molecule has 0 N–H and O–H groups in total. The number of carbonyl (C=O) groups excluding carboxylic acids is 1. The van der Waals surface area contributed by atoms with Crippen LogP contribution < -0.4 is 4.57 Å². The summed E-state index contributed by atoms with van der Waals surface area (Å²) in [5, 5.41) is 0. The minimum atomic E-state index is 0.00506. The van der Waals surface area contributed by atoms with Gasteiger partial charge in [0.05, 0.1) is 5.76 Å². The fraction of sp³-hybridized carbons (Fsp3) is 0.263. The van der Waals surface area contributed by atoms with Crippen molar-refractivity contribution in [3.05, 3.63) is 66.1 Å². The lowest BCUT2D eigenvalue weighted by Gasteiger charge is -2.08. The van der Waals surface area contributed by atoms with E-state index in [0.717, 1.165) is 12.2 Å². The molecule has 3 heteroatoms. The number of nitrogens with zero attached hydrogens (tertiary/aromatic N) is 1. The van der Waals surface area contributed by atoms with Crippen molar-refractivity contribution in [2.75, 3.05) is 6.61 Å². The van der Waals surface area contributed by atoms with Crippen molar-refractivity contribution in [3.8, 4) is 11.3 Å². The van der Waals surface area contributed by atoms with Crippen LogP contribution in [0.1, 0.15) is 19.4 Å². The van der Waals surface area contributed by atoms with Gasteiger partial charge in [0.25, 0.3) is 0 Å². The summed E-state index contributed by atoms with van der Waals surface area (Å²) in [5.41, 5.74) is 3.63. The Hall–Kier alpha value is -2.42. The molecule has 0 unspecified atom stereocenters. The van der Waals surface area contributed by atoms with E-state index in [1.54, 1.807) is 6.92 Å². The summed E-state index contributed by atoms with van der Waals surface area (Å²) in [6.07, 6.45) is 3.56. The van der Waals surface area contributed by atoms with Gasteiger partial charge in [-0.15, -0.1) is 0 Å². The van der Waals surface area contributed by atoms with Gasteiger partial charge in [-0.25, -0.2) is 0 Å². The third-order valence-corrected chi connectivity index (χ3v) is 3.43. The first-order valence-corrected chi connectivity index (χ1v) is 7.44. The van der Waals surface area contributed by atoms with E-state index in [1.165, 1.54) is 24.1 Å². The summed E-state index contributed by atoms with van der Waals surface area (Å²) in [7, 11) is 0. The number of ether oxygens (including phenoxy) is 1. The highest BCUT2D eigenvalue weighted by molar-refractivity contribution is 5.87. The van der Waals surface area contributed by atoms with Gasteiger partial charge in [-0.3, -0.25) is 4.79 Å². The summed E-state index contributed by atoms with van der Waals surface area (Å²) in [5.74, 6) is 0.659. The topological polar surface area (TPSA) is 30.2 Å². The van der Waals surface area contributed by atoms with Crippen LogP contribution in [0.3, 0.4) is 0 Å². The van der Waals surface area contributed by atoms with E-state index in [-0.39, 0.29) is 5.78 Å². The largest absolute Gasteiger partial charge is 0.491 e. The average molecular weight is 296 g/mol. The second-order valence-corrected chi connectivity index (χ2v) is 5.31. The maximum Gasteiger partial charge on any atom is 0.212 e. The lowest BCUT2D eigenvalue weighted by molar-refractivity contribution is -0.687. The third-order valence-electron chi connectivity index (χ3n) is 3.43. The van der Waals surface area contributed by atoms with Crippen LogP contribution in [0.5, 0.6) is 0 Å². The second-order valence-electron chi connectivity index (χ2n) is 5.31. The molecule has 0 aliphatic carbocycles. The molecule has 0 aliphatic heterocycles. The molecular weight excluding hydrogens is 274 g/mol. The number of hydrogen-bond donors (Lipinski definition) is 0. The highest BCUT2D eigenvalue weighted by atomic mass is 16.5. The van der Waals surface area contributed by atoms with E-state index in [2.05, 4.69) is 42.0 Å². The van der Waals surface area contributed by atoms with E-state index in [0.29, 0.717) is 12.4 Å². The van der Waals surface area contributed by atoms with Crippen LogP contribution in [-0.4, -0.2) is 12.4 Å². The van der Waals surface area contributed by atoms with Gasteiger partial charge in [0.2, 0.25) is 5.69 Å². The van der Waals surface area contributed by atoms with Crippen molar-refractivity contribution < 1.29 is 14.1 Å². The van der Waals surface area contributed by atoms with Gasteiger partial charge in [0, 0.05) is 23.8 Å². The van der Waals surface area contributed by atoms with Crippen LogP contribution in [-0.2, 0) is 16.1 Å². The molecule has 0 bridgehead atoms. The minimum Gasteiger partial charge on any atom is -0.491 e. The van der Waals surface area contributed by atoms with Gasteiger partial charge in [-0.2, -0.15) is 4.57 Å². The molecule has 2 aromatic rings. The number of rotatable bonds is 6. The number of ketones is 1. The van der Waals surface area contributed by atoms with Gasteiger partial charge >= 0.3 is 0 Å². The van der Waals surface area contributed by atoms with Gasteiger partial charge < -0.3 is 4.74 Å². The zero-order chi connectivity index (χ0) is 15.9. The Morgan fingerprint density at radius 3 is 2.59 bits per heavy atom. The fourth-order valence-electron chi connectivity index (χ4n) is 2.41. The molecule has 114 valence electrons. The molecule has 3 nitrogen and oxygen atoms in total. The first-order valence-electron chi connectivity index (χ1n) is 7.44. The minimum absolute atomic E-state index is 0.00506. The quantitative estimate of drug-likeness (QED) is 0.464. The summed E-state index contributed by atoms with van der Waals surface area (Å²) in [4.78, 5) is 11.0. The molecule has 1 aromatic heterocycles. The zero-order valence-corrected chi connectivity index (χ0v) is 13.4. The maximum absolute atomic E-state index is 11.0. The second kappa shape index (κ2) is 7.55. The first kappa shape index (κ1) is 16.0. The normalized spacial score (nSPS) is 11.3. The van der Waals surface area contributed by atoms with Crippen molar-refractivity contribution in [1.29, 1.82) is 0 Å². The number of aromatic nitrogens is 1. The smallest absolute Gasteiger partial charge is 0.212 e. The van der Waals surface area contributed by atoms with Crippen molar-refractivity contribution in [2.45, 2.75) is 27.3 Å². The van der Waals surface area contributed by atoms with Gasteiger partial charge in [0.1, 0.15) is 6.61 Å². The predicted molar refractivity (Wildman–Crippen MR) is 87.2 cm³/mol. The van der Waals surface area contributed by atoms with E-state index in [4.69, 9.17) is 4.74 Å². The number of carbonyl (C=O) groups is 1. The molecule has 0 saturated heterocycles. The number of hydrogen-bond acceptors (Lipinski definition) is 2. The molecule has 0 fully saturated rings. The van der Waals surface area contributed by atoms with Gasteiger partial charge in [-0.1, -0.05) is 18.2 Å². The molecule has 1 heterocycles. The van der Waals surface area contributed by atoms with Crippen LogP contribution in [0.15, 0.2) is 60.5 Å². The van der Waals surface area contributed by atoms with Crippen molar-refractivity contribution in [1.82, 2.24) is 0 Å². The molecule has 0 atom stereocenters. The monoisotopic (exact) mass is 296 g/mol.